The first-order chi connectivity index (χ1) is 15.7. The number of hydrogen-bond donors (Lipinski definition) is 2. The molecular formula is C21H24Cl2N4O5S. The van der Waals surface area contributed by atoms with Gasteiger partial charge in [-0.1, -0.05) is 36.2 Å². The lowest BCUT2D eigenvalue weighted by Gasteiger charge is -2.39. The number of carbonyl (C=O) groups excluding carboxylic acids is 1. The zero-order chi connectivity index (χ0) is 23.8. The highest BCUT2D eigenvalue weighted by Gasteiger charge is 2.39. The number of nitrogens with one attached hydrogen (secondary N) is 1. The number of benzene rings is 1. The third-order valence-electron chi connectivity index (χ3n) is 5.75. The minimum Gasteiger partial charge on any atom is -0.468 e. The molecule has 33 heavy (non-hydrogen) atoms. The van der Waals surface area contributed by atoms with Crippen molar-refractivity contribution in [1.82, 2.24) is 9.29 Å². The molecule has 1 fully saturated rings. The lowest BCUT2D eigenvalue weighted by atomic mass is 10.0. The average molecular weight is 515 g/mol. The fourth-order valence-corrected chi connectivity index (χ4v) is 6.09. The van der Waals surface area contributed by atoms with Crippen molar-refractivity contribution in [3.63, 3.8) is 0 Å². The van der Waals surface area contributed by atoms with Gasteiger partial charge in [-0.15, -0.1) is 0 Å². The summed E-state index contributed by atoms with van der Waals surface area (Å²) >= 11 is 12.2. The van der Waals surface area contributed by atoms with Crippen molar-refractivity contribution in [3.05, 3.63) is 46.1 Å². The number of anilines is 2. The minimum absolute atomic E-state index is 0.0584. The molecule has 1 atom stereocenters. The Hall–Kier alpha value is -2.11. The number of aliphatic hydroxyl groups excluding tert-OH is 1. The molecule has 12 heteroatoms. The molecule has 0 saturated carbocycles. The lowest BCUT2D eigenvalue weighted by Crippen LogP contribution is -2.52. The van der Waals surface area contributed by atoms with Gasteiger partial charge >= 0.3 is 10.2 Å². The Morgan fingerprint density at radius 2 is 1.94 bits per heavy atom. The molecule has 3 heterocycles. The molecule has 2 aliphatic rings. The van der Waals surface area contributed by atoms with Crippen LogP contribution in [0.4, 0.5) is 11.4 Å². The van der Waals surface area contributed by atoms with Gasteiger partial charge in [-0.3, -0.25) is 4.79 Å². The van der Waals surface area contributed by atoms with Crippen LogP contribution in [0.15, 0.2) is 30.5 Å². The Bertz CT molecular complexity index is 1140. The van der Waals surface area contributed by atoms with E-state index in [-0.39, 0.29) is 46.0 Å². The number of pyridine rings is 1. The fourth-order valence-electron chi connectivity index (χ4n) is 3.83. The summed E-state index contributed by atoms with van der Waals surface area (Å²) in [5, 5.41) is 12.7. The number of amides is 1. The maximum atomic E-state index is 13.5. The van der Waals surface area contributed by atoms with E-state index >= 15 is 0 Å². The second-order valence-corrected chi connectivity index (χ2v) is 10.8. The minimum atomic E-state index is -3.90. The van der Waals surface area contributed by atoms with E-state index in [1.165, 1.54) is 20.9 Å². The third-order valence-corrected chi connectivity index (χ3v) is 8.30. The number of aromatic nitrogens is 1. The number of aliphatic hydroxyl groups is 1. The second-order valence-electron chi connectivity index (χ2n) is 8.14. The standard InChI is InChI=1S/C21H24Cl2N4O5S/c1-13-5-7-26(8-6-13)33(30,31)27-11-15(12-28)32-21-18(27)9-14(10-24-21)25-20(29)19-16(22)3-2-4-17(19)23/h2-4,9-10,13,15,28H,5-8,11-12H2,1H3,(H,25,29)/t15-/m1/s1. The van der Waals surface area contributed by atoms with Gasteiger partial charge in [0.25, 0.3) is 5.91 Å². The van der Waals surface area contributed by atoms with E-state index in [0.717, 1.165) is 12.8 Å². The topological polar surface area (TPSA) is 112 Å². The van der Waals surface area contributed by atoms with Crippen molar-refractivity contribution < 1.29 is 23.1 Å². The fraction of sp³-hybridized carbons (Fsp3) is 0.429. The zero-order valence-electron chi connectivity index (χ0n) is 17.9. The van der Waals surface area contributed by atoms with Crippen LogP contribution in [0.25, 0.3) is 0 Å². The van der Waals surface area contributed by atoms with Crippen molar-refractivity contribution in [2.24, 2.45) is 5.92 Å². The van der Waals surface area contributed by atoms with Gasteiger partial charge in [0.15, 0.2) is 0 Å². The van der Waals surface area contributed by atoms with Crippen LogP contribution in [-0.2, 0) is 10.2 Å². The van der Waals surface area contributed by atoms with E-state index in [4.69, 9.17) is 27.9 Å². The Labute approximate surface area is 202 Å². The molecule has 0 spiro atoms. The van der Waals surface area contributed by atoms with Crippen LogP contribution in [0, 0.1) is 5.92 Å². The number of hydrogen-bond acceptors (Lipinski definition) is 6. The Morgan fingerprint density at radius 3 is 2.58 bits per heavy atom. The summed E-state index contributed by atoms with van der Waals surface area (Å²) in [5.41, 5.74) is 0.525. The molecular weight excluding hydrogens is 491 g/mol. The number of ether oxygens (including phenoxy) is 1. The lowest BCUT2D eigenvalue weighted by molar-refractivity contribution is 0.102. The molecule has 9 nitrogen and oxygen atoms in total. The van der Waals surface area contributed by atoms with Crippen LogP contribution >= 0.6 is 23.2 Å². The van der Waals surface area contributed by atoms with Gasteiger partial charge in [-0.2, -0.15) is 12.7 Å². The summed E-state index contributed by atoms with van der Waals surface area (Å²) < 4.78 is 35.2. The molecule has 0 bridgehead atoms. The third kappa shape index (κ3) is 4.90. The molecule has 1 aromatic heterocycles. The molecule has 0 unspecified atom stereocenters. The van der Waals surface area contributed by atoms with Gasteiger partial charge < -0.3 is 15.2 Å². The first-order valence-corrected chi connectivity index (χ1v) is 12.7. The Morgan fingerprint density at radius 1 is 1.27 bits per heavy atom. The highest BCUT2D eigenvalue weighted by Crippen LogP contribution is 2.37. The Kier molecular flexibility index (Phi) is 7.01. The second kappa shape index (κ2) is 9.63. The highest BCUT2D eigenvalue weighted by atomic mass is 35.5. The van der Waals surface area contributed by atoms with Crippen LogP contribution in [-0.4, -0.2) is 61.1 Å². The molecule has 2 aliphatic heterocycles. The highest BCUT2D eigenvalue weighted by molar-refractivity contribution is 7.90. The molecule has 1 aromatic carbocycles. The number of nitrogens with zero attached hydrogens (tertiary/aromatic N) is 3. The van der Waals surface area contributed by atoms with Crippen molar-refractivity contribution in [1.29, 1.82) is 0 Å². The largest absolute Gasteiger partial charge is 0.468 e. The van der Waals surface area contributed by atoms with E-state index in [1.54, 1.807) is 18.2 Å². The van der Waals surface area contributed by atoms with Crippen LogP contribution in [0.5, 0.6) is 5.88 Å². The van der Waals surface area contributed by atoms with Gasteiger partial charge in [0, 0.05) is 13.1 Å². The summed E-state index contributed by atoms with van der Waals surface area (Å²) in [5.74, 6) is -0.0431. The van der Waals surface area contributed by atoms with Gasteiger partial charge in [0.2, 0.25) is 5.88 Å². The van der Waals surface area contributed by atoms with Crippen LogP contribution in [0.2, 0.25) is 10.0 Å². The zero-order valence-corrected chi connectivity index (χ0v) is 20.2. The van der Waals surface area contributed by atoms with Crippen molar-refractivity contribution in [2.75, 3.05) is 35.9 Å². The first kappa shape index (κ1) is 24.0. The molecule has 0 aliphatic carbocycles. The molecule has 4 rings (SSSR count). The van der Waals surface area contributed by atoms with Gasteiger partial charge in [-0.05, 0) is 37.0 Å². The van der Waals surface area contributed by atoms with Gasteiger partial charge in [0.05, 0.1) is 40.6 Å². The molecule has 1 amide bonds. The molecule has 178 valence electrons. The van der Waals surface area contributed by atoms with Crippen LogP contribution in [0.1, 0.15) is 30.1 Å². The Balaban J connectivity index is 1.66. The molecule has 1 saturated heterocycles. The average Bonchev–Trinajstić information content (AvgIpc) is 2.78. The predicted octanol–water partition coefficient (Wildman–Crippen LogP) is 3.18. The smallest absolute Gasteiger partial charge is 0.304 e. The van der Waals surface area contributed by atoms with Crippen molar-refractivity contribution in [2.45, 2.75) is 25.9 Å². The molecule has 2 aromatic rings. The van der Waals surface area contributed by atoms with E-state index in [9.17, 15) is 18.3 Å². The molecule has 0 radical (unpaired) electrons. The number of rotatable bonds is 5. The van der Waals surface area contributed by atoms with E-state index in [2.05, 4.69) is 17.2 Å². The normalized spacial score (nSPS) is 19.6. The monoisotopic (exact) mass is 514 g/mol. The quantitative estimate of drug-likeness (QED) is 0.633. The van der Waals surface area contributed by atoms with Crippen LogP contribution in [0.3, 0.4) is 0 Å². The summed E-state index contributed by atoms with van der Waals surface area (Å²) in [6.45, 7) is 2.48. The maximum Gasteiger partial charge on any atom is 0.304 e. The summed E-state index contributed by atoms with van der Waals surface area (Å²) in [6, 6.07) is 6.19. The molecule has 2 N–H and O–H groups in total. The SMILES string of the molecule is CC1CCN(S(=O)(=O)N2C[C@H](CO)Oc3ncc(NC(=O)c4c(Cl)cccc4Cl)cc32)CC1. The number of piperidine rings is 1. The summed E-state index contributed by atoms with van der Waals surface area (Å²) in [6.07, 6.45) is 2.12. The van der Waals surface area contributed by atoms with Gasteiger partial charge in [0.1, 0.15) is 11.8 Å². The van der Waals surface area contributed by atoms with Crippen molar-refractivity contribution >= 4 is 50.7 Å². The van der Waals surface area contributed by atoms with E-state index < -0.39 is 22.2 Å². The first-order valence-electron chi connectivity index (χ1n) is 10.5. The number of carbonyl (C=O) groups is 1. The number of fused-ring (bicyclic) bond motifs is 1. The summed E-state index contributed by atoms with van der Waals surface area (Å²) in [4.78, 5) is 17.0. The van der Waals surface area contributed by atoms with Crippen LogP contribution < -0.4 is 14.4 Å². The maximum absolute atomic E-state index is 13.5. The van der Waals surface area contributed by atoms with Crippen molar-refractivity contribution in [3.8, 4) is 5.88 Å². The van der Waals surface area contributed by atoms with Gasteiger partial charge in [-0.25, -0.2) is 9.29 Å². The summed E-state index contributed by atoms with van der Waals surface area (Å²) in [7, 11) is -3.90. The predicted molar refractivity (Wildman–Crippen MR) is 126 cm³/mol. The number of halogens is 2. The van der Waals surface area contributed by atoms with E-state index in [1.807, 2.05) is 0 Å². The van der Waals surface area contributed by atoms with E-state index in [0.29, 0.717) is 19.0 Å².